The highest BCUT2D eigenvalue weighted by molar-refractivity contribution is 5.76. The number of benzene rings is 1. The average Bonchev–Trinajstić information content (AvgIpc) is 2.99. The molecule has 2 heterocycles. The van der Waals surface area contributed by atoms with Crippen LogP contribution in [0.3, 0.4) is 0 Å². The van der Waals surface area contributed by atoms with Crippen LogP contribution >= 0.6 is 0 Å². The number of amides is 1. The molecule has 0 radical (unpaired) electrons. The minimum Gasteiger partial charge on any atom is -0.342 e. The zero-order chi connectivity index (χ0) is 16.4. The van der Waals surface area contributed by atoms with Crippen molar-refractivity contribution in [1.29, 1.82) is 0 Å². The summed E-state index contributed by atoms with van der Waals surface area (Å²) in [5.41, 5.74) is 1.62. The first-order valence-electron chi connectivity index (χ1n) is 8.71. The lowest BCUT2D eigenvalue weighted by Crippen LogP contribution is -2.42. The van der Waals surface area contributed by atoms with E-state index in [-0.39, 0.29) is 5.41 Å². The second-order valence-electron chi connectivity index (χ2n) is 7.58. The first kappa shape index (κ1) is 16.5. The van der Waals surface area contributed by atoms with Gasteiger partial charge in [-0.3, -0.25) is 9.69 Å². The molecule has 0 bridgehead atoms. The molecular formula is C19H29N3O. The van der Waals surface area contributed by atoms with E-state index in [0.29, 0.717) is 18.2 Å². The number of nitrogens with zero attached hydrogens (tertiary/aromatic N) is 3. The van der Waals surface area contributed by atoms with Crippen LogP contribution in [0.15, 0.2) is 30.3 Å². The van der Waals surface area contributed by atoms with Crippen molar-refractivity contribution in [1.82, 2.24) is 14.7 Å². The van der Waals surface area contributed by atoms with E-state index in [1.807, 2.05) is 6.92 Å². The molecule has 0 saturated carbocycles. The Morgan fingerprint density at radius 2 is 1.96 bits per heavy atom. The molecule has 4 nitrogen and oxygen atoms in total. The highest BCUT2D eigenvalue weighted by Gasteiger charge is 2.53. The van der Waals surface area contributed by atoms with Crippen molar-refractivity contribution < 1.29 is 4.79 Å². The van der Waals surface area contributed by atoms with Crippen LogP contribution in [-0.2, 0) is 11.3 Å². The highest BCUT2D eigenvalue weighted by Crippen LogP contribution is 2.43. The van der Waals surface area contributed by atoms with Gasteiger partial charge in [0.05, 0.1) is 0 Å². The Balaban J connectivity index is 1.72. The summed E-state index contributed by atoms with van der Waals surface area (Å²) in [5.74, 6) is 0.913. The third kappa shape index (κ3) is 3.43. The van der Waals surface area contributed by atoms with Crippen LogP contribution in [0.1, 0.15) is 18.9 Å². The summed E-state index contributed by atoms with van der Waals surface area (Å²) in [6.45, 7) is 8.12. The van der Waals surface area contributed by atoms with Crippen molar-refractivity contribution in [3.8, 4) is 0 Å². The maximum atomic E-state index is 12.1. The quantitative estimate of drug-likeness (QED) is 0.830. The van der Waals surface area contributed by atoms with Gasteiger partial charge in [-0.05, 0) is 25.6 Å². The summed E-state index contributed by atoms with van der Waals surface area (Å²) in [7, 11) is 4.30. The van der Waals surface area contributed by atoms with Gasteiger partial charge >= 0.3 is 0 Å². The molecule has 3 rings (SSSR count). The van der Waals surface area contributed by atoms with Gasteiger partial charge in [-0.25, -0.2) is 0 Å². The van der Waals surface area contributed by atoms with Crippen molar-refractivity contribution in [3.63, 3.8) is 0 Å². The van der Waals surface area contributed by atoms with Gasteiger partial charge in [0.25, 0.3) is 0 Å². The van der Waals surface area contributed by atoms with Crippen LogP contribution in [0.25, 0.3) is 0 Å². The van der Waals surface area contributed by atoms with Gasteiger partial charge < -0.3 is 9.80 Å². The molecule has 2 atom stereocenters. The Morgan fingerprint density at radius 1 is 1.22 bits per heavy atom. The smallest absolute Gasteiger partial charge is 0.222 e. The van der Waals surface area contributed by atoms with Gasteiger partial charge in [-0.1, -0.05) is 37.3 Å². The standard InChI is InChI=1S/C19H29N3O/c1-4-18(23)22-12-17-11-21(10-16-8-6-5-7-9-16)14-19(17,15-22)13-20(2)3/h5-9,17H,4,10-15H2,1-3H3/t17-,19+/m1/s1. The summed E-state index contributed by atoms with van der Waals surface area (Å²) in [5, 5.41) is 0. The molecule has 1 aromatic carbocycles. The minimum absolute atomic E-state index is 0.239. The van der Waals surface area contributed by atoms with E-state index in [1.54, 1.807) is 0 Å². The van der Waals surface area contributed by atoms with Gasteiger partial charge in [0.2, 0.25) is 5.91 Å². The van der Waals surface area contributed by atoms with Gasteiger partial charge in [0.15, 0.2) is 0 Å². The van der Waals surface area contributed by atoms with E-state index in [9.17, 15) is 4.79 Å². The van der Waals surface area contributed by atoms with E-state index in [0.717, 1.165) is 39.3 Å². The zero-order valence-corrected chi connectivity index (χ0v) is 14.7. The Kier molecular flexibility index (Phi) is 4.74. The van der Waals surface area contributed by atoms with Crippen LogP contribution in [0, 0.1) is 11.3 Å². The third-order valence-corrected chi connectivity index (χ3v) is 5.36. The molecule has 23 heavy (non-hydrogen) atoms. The van der Waals surface area contributed by atoms with Crippen molar-refractivity contribution in [2.75, 3.05) is 46.8 Å². The maximum Gasteiger partial charge on any atom is 0.222 e. The third-order valence-electron chi connectivity index (χ3n) is 5.36. The summed E-state index contributed by atoms with van der Waals surface area (Å²) in [6.07, 6.45) is 0.624. The van der Waals surface area contributed by atoms with Gasteiger partial charge in [0, 0.05) is 51.1 Å². The molecule has 1 aromatic rings. The van der Waals surface area contributed by atoms with Gasteiger partial charge in [-0.15, -0.1) is 0 Å². The fourth-order valence-electron chi connectivity index (χ4n) is 4.52. The number of hydrogen-bond donors (Lipinski definition) is 0. The minimum atomic E-state index is 0.239. The largest absolute Gasteiger partial charge is 0.342 e. The first-order chi connectivity index (χ1) is 11.0. The Labute approximate surface area is 140 Å². The van der Waals surface area contributed by atoms with E-state index in [1.165, 1.54) is 5.56 Å². The van der Waals surface area contributed by atoms with Crippen molar-refractivity contribution in [3.05, 3.63) is 35.9 Å². The molecule has 0 aliphatic carbocycles. The second kappa shape index (κ2) is 6.62. The molecule has 1 amide bonds. The summed E-state index contributed by atoms with van der Waals surface area (Å²) >= 11 is 0. The molecule has 0 aromatic heterocycles. The van der Waals surface area contributed by atoms with Gasteiger partial charge in [0.1, 0.15) is 0 Å². The Bertz CT molecular complexity index is 545. The predicted molar refractivity (Wildman–Crippen MR) is 93.1 cm³/mol. The average molecular weight is 315 g/mol. The topological polar surface area (TPSA) is 26.8 Å². The Hall–Kier alpha value is -1.39. The lowest BCUT2D eigenvalue weighted by atomic mass is 9.80. The van der Waals surface area contributed by atoms with Crippen LogP contribution in [-0.4, -0.2) is 67.4 Å². The van der Waals surface area contributed by atoms with Crippen LogP contribution in [0.5, 0.6) is 0 Å². The number of carbonyl (C=O) groups is 1. The molecule has 2 aliphatic heterocycles. The highest BCUT2D eigenvalue weighted by atomic mass is 16.2. The molecule has 4 heteroatoms. The number of rotatable bonds is 5. The van der Waals surface area contributed by atoms with Crippen LogP contribution in [0.2, 0.25) is 0 Å². The molecule has 2 saturated heterocycles. The van der Waals surface area contributed by atoms with Crippen LogP contribution < -0.4 is 0 Å². The molecule has 0 unspecified atom stereocenters. The maximum absolute atomic E-state index is 12.1. The summed E-state index contributed by atoms with van der Waals surface area (Å²) < 4.78 is 0. The normalized spacial score (nSPS) is 27.7. The van der Waals surface area contributed by atoms with Crippen LogP contribution in [0.4, 0.5) is 0 Å². The van der Waals surface area contributed by atoms with E-state index in [2.05, 4.69) is 59.1 Å². The van der Waals surface area contributed by atoms with E-state index >= 15 is 0 Å². The lowest BCUT2D eigenvalue weighted by molar-refractivity contribution is -0.130. The number of hydrogen-bond acceptors (Lipinski definition) is 3. The molecular weight excluding hydrogens is 286 g/mol. The predicted octanol–water partition coefficient (Wildman–Crippen LogP) is 1.92. The van der Waals surface area contributed by atoms with Crippen molar-refractivity contribution in [2.24, 2.45) is 11.3 Å². The van der Waals surface area contributed by atoms with Crippen molar-refractivity contribution in [2.45, 2.75) is 19.9 Å². The fraction of sp³-hybridized carbons (Fsp3) is 0.632. The first-order valence-corrected chi connectivity index (χ1v) is 8.71. The summed E-state index contributed by atoms with van der Waals surface area (Å²) in [4.78, 5) is 19.1. The zero-order valence-electron chi connectivity index (χ0n) is 14.7. The van der Waals surface area contributed by atoms with Crippen molar-refractivity contribution >= 4 is 5.91 Å². The summed E-state index contributed by atoms with van der Waals surface area (Å²) in [6, 6.07) is 10.7. The molecule has 126 valence electrons. The van der Waals surface area contributed by atoms with E-state index < -0.39 is 0 Å². The number of fused-ring (bicyclic) bond motifs is 1. The van der Waals surface area contributed by atoms with Gasteiger partial charge in [-0.2, -0.15) is 0 Å². The molecule has 0 spiro atoms. The lowest BCUT2D eigenvalue weighted by Gasteiger charge is -2.32. The Morgan fingerprint density at radius 3 is 2.61 bits per heavy atom. The molecule has 2 aliphatic rings. The molecule has 2 fully saturated rings. The monoisotopic (exact) mass is 315 g/mol. The number of carbonyl (C=O) groups excluding carboxylic acids is 1. The molecule has 0 N–H and O–H groups in total. The van der Waals surface area contributed by atoms with E-state index in [4.69, 9.17) is 0 Å². The second-order valence-corrected chi connectivity index (χ2v) is 7.58. The SMILES string of the molecule is CCC(=O)N1C[C@H]2CN(Cc3ccccc3)C[C@@]2(CN(C)C)C1. The number of likely N-dealkylation sites (tertiary alicyclic amines) is 2. The fourth-order valence-corrected chi connectivity index (χ4v) is 4.52.